The highest BCUT2D eigenvalue weighted by Gasteiger charge is 2.23. The number of methoxy groups -OCH3 is 1. The number of rotatable bonds is 6. The SMILES string of the molecule is COC(=O)[C@@H](Cc1cccc(Cl)c1)NC(=O)c1cccc([N+](=O)[O-])c1. The van der Waals surface area contributed by atoms with Gasteiger partial charge in [0.1, 0.15) is 6.04 Å². The molecule has 1 amide bonds. The first-order valence-corrected chi connectivity index (χ1v) is 7.66. The molecule has 0 unspecified atom stereocenters. The van der Waals surface area contributed by atoms with Crippen LogP contribution in [0.15, 0.2) is 48.5 Å². The highest BCUT2D eigenvalue weighted by atomic mass is 35.5. The van der Waals surface area contributed by atoms with Gasteiger partial charge in [0.05, 0.1) is 12.0 Å². The van der Waals surface area contributed by atoms with Crippen LogP contribution >= 0.6 is 11.6 Å². The summed E-state index contributed by atoms with van der Waals surface area (Å²) < 4.78 is 4.72. The number of esters is 1. The molecule has 1 atom stereocenters. The Hall–Kier alpha value is -2.93. The van der Waals surface area contributed by atoms with Gasteiger partial charge in [0, 0.05) is 29.1 Å². The van der Waals surface area contributed by atoms with Gasteiger partial charge in [-0.1, -0.05) is 29.8 Å². The molecule has 0 fully saturated rings. The number of ether oxygens (including phenoxy) is 1. The second-order valence-corrected chi connectivity index (χ2v) is 5.63. The van der Waals surface area contributed by atoms with E-state index in [9.17, 15) is 19.7 Å². The number of benzene rings is 2. The highest BCUT2D eigenvalue weighted by molar-refractivity contribution is 6.30. The summed E-state index contributed by atoms with van der Waals surface area (Å²) in [6.45, 7) is 0. The molecule has 0 aromatic heterocycles. The molecule has 0 saturated carbocycles. The van der Waals surface area contributed by atoms with Crippen molar-refractivity contribution in [3.8, 4) is 0 Å². The summed E-state index contributed by atoms with van der Waals surface area (Å²) in [7, 11) is 1.22. The van der Waals surface area contributed by atoms with E-state index in [0.29, 0.717) is 5.02 Å². The van der Waals surface area contributed by atoms with Crippen LogP contribution in [0, 0.1) is 10.1 Å². The van der Waals surface area contributed by atoms with Crippen LogP contribution in [0.4, 0.5) is 5.69 Å². The number of nitro groups is 1. The van der Waals surface area contributed by atoms with Gasteiger partial charge in [-0.2, -0.15) is 0 Å². The highest BCUT2D eigenvalue weighted by Crippen LogP contribution is 2.15. The second-order valence-electron chi connectivity index (χ2n) is 5.19. The van der Waals surface area contributed by atoms with Crippen LogP contribution in [0.25, 0.3) is 0 Å². The third kappa shape index (κ3) is 5.02. The van der Waals surface area contributed by atoms with E-state index in [1.807, 2.05) is 0 Å². The normalized spacial score (nSPS) is 11.4. The molecule has 0 aliphatic heterocycles. The zero-order valence-electron chi connectivity index (χ0n) is 13.3. The predicted octanol–water partition coefficient (Wildman–Crippen LogP) is 2.76. The summed E-state index contributed by atoms with van der Waals surface area (Å²) in [5.74, 6) is -1.24. The Morgan fingerprint density at radius 2 is 1.96 bits per heavy atom. The smallest absolute Gasteiger partial charge is 0.328 e. The van der Waals surface area contributed by atoms with Gasteiger partial charge in [-0.15, -0.1) is 0 Å². The van der Waals surface area contributed by atoms with Crippen molar-refractivity contribution in [3.63, 3.8) is 0 Å². The summed E-state index contributed by atoms with van der Waals surface area (Å²) in [6.07, 6.45) is 0.175. The van der Waals surface area contributed by atoms with Gasteiger partial charge in [0.15, 0.2) is 0 Å². The van der Waals surface area contributed by atoms with Crippen LogP contribution in [-0.2, 0) is 16.0 Å². The maximum Gasteiger partial charge on any atom is 0.328 e. The Balaban J connectivity index is 2.19. The first kappa shape index (κ1) is 18.4. The third-order valence-corrected chi connectivity index (χ3v) is 3.67. The summed E-state index contributed by atoms with van der Waals surface area (Å²) in [5.41, 5.74) is 0.605. The fourth-order valence-corrected chi connectivity index (χ4v) is 2.45. The molecule has 0 saturated heterocycles. The number of nitrogens with one attached hydrogen (secondary N) is 1. The van der Waals surface area contributed by atoms with E-state index >= 15 is 0 Å². The number of halogens is 1. The largest absolute Gasteiger partial charge is 0.467 e. The lowest BCUT2D eigenvalue weighted by Gasteiger charge is -2.16. The number of non-ortho nitro benzene ring substituents is 1. The lowest BCUT2D eigenvalue weighted by atomic mass is 10.1. The van der Waals surface area contributed by atoms with E-state index in [1.54, 1.807) is 24.3 Å². The average molecular weight is 363 g/mol. The maximum absolute atomic E-state index is 12.3. The molecule has 2 aromatic carbocycles. The van der Waals surface area contributed by atoms with E-state index in [0.717, 1.165) is 11.6 Å². The van der Waals surface area contributed by atoms with Crippen LogP contribution in [-0.4, -0.2) is 30.0 Å². The molecular weight excluding hydrogens is 348 g/mol. The van der Waals surface area contributed by atoms with Gasteiger partial charge in [0.25, 0.3) is 11.6 Å². The molecule has 0 aliphatic rings. The maximum atomic E-state index is 12.3. The van der Waals surface area contributed by atoms with Crippen molar-refractivity contribution >= 4 is 29.2 Å². The number of carbonyl (C=O) groups is 2. The Bertz CT molecular complexity index is 809. The summed E-state index contributed by atoms with van der Waals surface area (Å²) in [4.78, 5) is 34.5. The van der Waals surface area contributed by atoms with Gasteiger partial charge in [-0.05, 0) is 23.8 Å². The van der Waals surface area contributed by atoms with Gasteiger partial charge in [0.2, 0.25) is 0 Å². The number of amides is 1. The van der Waals surface area contributed by atoms with Crippen molar-refractivity contribution in [2.45, 2.75) is 12.5 Å². The Morgan fingerprint density at radius 3 is 2.60 bits per heavy atom. The molecule has 2 rings (SSSR count). The van der Waals surface area contributed by atoms with Crippen LogP contribution in [0.5, 0.6) is 0 Å². The third-order valence-electron chi connectivity index (χ3n) is 3.44. The van der Waals surface area contributed by atoms with Gasteiger partial charge in [-0.3, -0.25) is 14.9 Å². The van der Waals surface area contributed by atoms with Crippen molar-refractivity contribution < 1.29 is 19.2 Å². The quantitative estimate of drug-likeness (QED) is 0.484. The van der Waals surface area contributed by atoms with Crippen molar-refractivity contribution in [2.24, 2.45) is 0 Å². The second kappa shape index (κ2) is 8.25. The monoisotopic (exact) mass is 362 g/mol. The lowest BCUT2D eigenvalue weighted by molar-refractivity contribution is -0.384. The van der Waals surface area contributed by atoms with Crippen LogP contribution in [0.1, 0.15) is 15.9 Å². The Morgan fingerprint density at radius 1 is 1.24 bits per heavy atom. The van der Waals surface area contributed by atoms with E-state index in [-0.39, 0.29) is 17.7 Å². The molecule has 130 valence electrons. The van der Waals surface area contributed by atoms with Crippen molar-refractivity contribution in [1.82, 2.24) is 5.32 Å². The zero-order chi connectivity index (χ0) is 18.4. The molecule has 0 spiro atoms. The molecular formula is C17H15ClN2O5. The van der Waals surface area contributed by atoms with Crippen molar-refractivity contribution in [1.29, 1.82) is 0 Å². The minimum absolute atomic E-state index is 0.0780. The van der Waals surface area contributed by atoms with E-state index in [4.69, 9.17) is 16.3 Å². The number of hydrogen-bond donors (Lipinski definition) is 1. The van der Waals surface area contributed by atoms with E-state index in [2.05, 4.69) is 5.32 Å². The summed E-state index contributed by atoms with van der Waals surface area (Å²) in [6, 6.07) is 11.2. The van der Waals surface area contributed by atoms with Crippen LogP contribution in [0.3, 0.4) is 0 Å². The Kier molecular flexibility index (Phi) is 6.08. The lowest BCUT2D eigenvalue weighted by Crippen LogP contribution is -2.43. The zero-order valence-corrected chi connectivity index (χ0v) is 14.0. The molecule has 0 bridgehead atoms. The minimum atomic E-state index is -0.949. The van der Waals surface area contributed by atoms with Crippen LogP contribution in [0.2, 0.25) is 5.02 Å². The number of hydrogen-bond acceptors (Lipinski definition) is 5. The number of nitro benzene ring substituents is 1. The first-order chi connectivity index (χ1) is 11.9. The minimum Gasteiger partial charge on any atom is -0.467 e. The molecule has 7 nitrogen and oxygen atoms in total. The standard InChI is InChI=1S/C17H15ClN2O5/c1-25-17(22)15(9-11-4-2-6-13(18)8-11)19-16(21)12-5-3-7-14(10-12)20(23)24/h2-8,10,15H,9H2,1H3,(H,19,21)/t15-/m1/s1. The molecule has 0 radical (unpaired) electrons. The molecule has 0 heterocycles. The molecule has 2 aromatic rings. The number of nitrogens with zero attached hydrogens (tertiary/aromatic N) is 1. The van der Waals surface area contributed by atoms with E-state index < -0.39 is 22.8 Å². The van der Waals surface area contributed by atoms with Gasteiger partial charge >= 0.3 is 5.97 Å². The molecule has 8 heteroatoms. The summed E-state index contributed by atoms with van der Waals surface area (Å²) >= 11 is 5.92. The molecule has 1 N–H and O–H groups in total. The predicted molar refractivity (Wildman–Crippen MR) is 91.5 cm³/mol. The van der Waals surface area contributed by atoms with Crippen molar-refractivity contribution in [2.75, 3.05) is 7.11 Å². The van der Waals surface area contributed by atoms with Gasteiger partial charge < -0.3 is 10.1 Å². The molecule has 25 heavy (non-hydrogen) atoms. The Labute approximate surface area is 148 Å². The topological polar surface area (TPSA) is 98.5 Å². The fourth-order valence-electron chi connectivity index (χ4n) is 2.24. The average Bonchev–Trinajstić information content (AvgIpc) is 2.60. The molecule has 0 aliphatic carbocycles. The van der Waals surface area contributed by atoms with Gasteiger partial charge in [-0.25, -0.2) is 4.79 Å². The number of carbonyl (C=O) groups excluding carboxylic acids is 2. The van der Waals surface area contributed by atoms with Crippen molar-refractivity contribution in [3.05, 3.63) is 74.8 Å². The van der Waals surface area contributed by atoms with E-state index in [1.165, 1.54) is 25.3 Å². The summed E-state index contributed by atoms with van der Waals surface area (Å²) in [5, 5.41) is 13.9. The fraction of sp³-hybridized carbons (Fsp3) is 0.176. The van der Waals surface area contributed by atoms with Crippen LogP contribution < -0.4 is 5.32 Å². The first-order valence-electron chi connectivity index (χ1n) is 7.28.